The summed E-state index contributed by atoms with van der Waals surface area (Å²) in [6, 6.07) is 3.90. The van der Waals surface area contributed by atoms with E-state index >= 15 is 0 Å². The van der Waals surface area contributed by atoms with Gasteiger partial charge in [-0.15, -0.1) is 0 Å². The van der Waals surface area contributed by atoms with E-state index in [1.165, 1.54) is 31.5 Å². The highest BCUT2D eigenvalue weighted by Crippen LogP contribution is 2.41. The van der Waals surface area contributed by atoms with Gasteiger partial charge in [0, 0.05) is 11.8 Å². The number of alkyl halides is 3. The Morgan fingerprint density at radius 2 is 1.90 bits per heavy atom. The number of aliphatic hydroxyl groups is 1. The summed E-state index contributed by atoms with van der Waals surface area (Å²) in [4.78, 5) is 0. The topological polar surface area (TPSA) is 58.7 Å². The van der Waals surface area contributed by atoms with Crippen LogP contribution in [0, 0.1) is 5.82 Å². The average Bonchev–Trinajstić information content (AvgIpc) is 2.66. The van der Waals surface area contributed by atoms with Gasteiger partial charge in [0.25, 0.3) is 0 Å². The van der Waals surface area contributed by atoms with Crippen molar-refractivity contribution < 1.29 is 27.4 Å². The molecule has 0 amide bonds. The van der Waals surface area contributed by atoms with Crippen LogP contribution < -0.4 is 10.6 Å². The summed E-state index contributed by atoms with van der Waals surface area (Å²) in [5.41, 5.74) is -2.76. The van der Waals surface area contributed by atoms with Gasteiger partial charge >= 0.3 is 6.18 Å². The van der Waals surface area contributed by atoms with Crippen molar-refractivity contribution in [2.75, 3.05) is 13.7 Å². The minimum absolute atomic E-state index is 0.0735. The zero-order valence-corrected chi connectivity index (χ0v) is 17.3. The Labute approximate surface area is 174 Å². The summed E-state index contributed by atoms with van der Waals surface area (Å²) in [5.74, 6) is 5.63. The molecule has 0 fully saturated rings. The molecule has 0 aliphatic heterocycles. The van der Waals surface area contributed by atoms with Gasteiger partial charge in [-0.1, -0.05) is 38.2 Å². The Kier molecular flexibility index (Phi) is 7.36. The molecule has 1 aromatic carbocycles. The van der Waals surface area contributed by atoms with Gasteiger partial charge in [0.1, 0.15) is 11.6 Å². The summed E-state index contributed by atoms with van der Waals surface area (Å²) in [6.45, 7) is 2.54. The third kappa shape index (κ3) is 5.86. The number of hydrogen-bond donors (Lipinski definition) is 2. The van der Waals surface area contributed by atoms with Crippen molar-refractivity contribution in [3.63, 3.8) is 0 Å². The lowest BCUT2D eigenvalue weighted by molar-refractivity contribution is -0.267. The minimum Gasteiger partial charge on any atom is -0.496 e. The molecular formula is C22H28F4N2O2. The summed E-state index contributed by atoms with van der Waals surface area (Å²) in [6.07, 6.45) is 3.52. The van der Waals surface area contributed by atoms with Gasteiger partial charge in [0.05, 0.1) is 13.7 Å². The van der Waals surface area contributed by atoms with Crippen LogP contribution in [-0.2, 0) is 5.41 Å². The number of methoxy groups -OCH3 is 1. The molecule has 0 bridgehead atoms. The lowest BCUT2D eigenvalue weighted by Gasteiger charge is -2.36. The first-order valence-corrected chi connectivity index (χ1v) is 9.56. The van der Waals surface area contributed by atoms with Gasteiger partial charge in [-0.05, 0) is 48.4 Å². The first-order valence-electron chi connectivity index (χ1n) is 9.56. The number of nitrogens with two attached hydrogens (primary N) is 1. The predicted molar refractivity (Wildman–Crippen MR) is 108 cm³/mol. The van der Waals surface area contributed by atoms with Crippen molar-refractivity contribution in [3.8, 4) is 5.75 Å². The number of benzene rings is 1. The molecule has 8 heteroatoms. The fraction of sp³-hybridized carbons (Fsp3) is 0.455. The maximum Gasteiger partial charge on any atom is 0.418 e. The van der Waals surface area contributed by atoms with Crippen LogP contribution >= 0.6 is 0 Å². The Hall–Kier alpha value is -2.32. The highest BCUT2D eigenvalue weighted by molar-refractivity contribution is 5.39. The van der Waals surface area contributed by atoms with E-state index in [-0.39, 0.29) is 6.42 Å². The van der Waals surface area contributed by atoms with Crippen LogP contribution in [0.2, 0.25) is 0 Å². The Morgan fingerprint density at radius 3 is 2.47 bits per heavy atom. The number of hydrogen-bond acceptors (Lipinski definition) is 4. The second-order valence-electron chi connectivity index (χ2n) is 8.13. The molecule has 30 heavy (non-hydrogen) atoms. The number of nitrogens with zero attached hydrogens (tertiary/aromatic N) is 1. The van der Waals surface area contributed by atoms with Crippen LogP contribution in [-0.4, -0.2) is 35.5 Å². The van der Waals surface area contributed by atoms with Crippen LogP contribution in [0.25, 0.3) is 0 Å². The molecular weight excluding hydrogens is 400 g/mol. The average molecular weight is 428 g/mol. The first kappa shape index (κ1) is 24.0. The second kappa shape index (κ2) is 9.22. The smallest absolute Gasteiger partial charge is 0.418 e. The molecule has 1 atom stereocenters. The zero-order valence-electron chi connectivity index (χ0n) is 17.3. The molecule has 0 spiro atoms. The van der Waals surface area contributed by atoms with Crippen molar-refractivity contribution >= 4 is 0 Å². The third-order valence-corrected chi connectivity index (χ3v) is 5.27. The fourth-order valence-corrected chi connectivity index (χ4v) is 3.36. The van der Waals surface area contributed by atoms with E-state index in [9.17, 15) is 22.7 Å². The van der Waals surface area contributed by atoms with Crippen molar-refractivity contribution in [1.82, 2.24) is 5.01 Å². The summed E-state index contributed by atoms with van der Waals surface area (Å²) in [5, 5.41) is 11.4. The number of halogens is 4. The number of rotatable bonds is 8. The molecule has 166 valence electrons. The van der Waals surface area contributed by atoms with Crippen molar-refractivity contribution in [3.05, 3.63) is 65.7 Å². The lowest BCUT2D eigenvalue weighted by Crippen LogP contribution is -2.54. The quantitative estimate of drug-likeness (QED) is 0.356. The number of allylic oxidation sites excluding steroid dienone is 5. The summed E-state index contributed by atoms with van der Waals surface area (Å²) < 4.78 is 60.3. The highest BCUT2D eigenvalue weighted by atomic mass is 19.4. The van der Waals surface area contributed by atoms with Gasteiger partial charge in [0.15, 0.2) is 5.60 Å². The molecule has 1 aromatic rings. The number of ether oxygens (including phenoxy) is 1. The van der Waals surface area contributed by atoms with E-state index in [2.05, 4.69) is 0 Å². The molecule has 1 aliphatic carbocycles. The van der Waals surface area contributed by atoms with Crippen LogP contribution in [0.5, 0.6) is 5.75 Å². The molecule has 0 saturated carbocycles. The van der Waals surface area contributed by atoms with E-state index in [4.69, 9.17) is 10.6 Å². The molecule has 4 nitrogen and oxygen atoms in total. The van der Waals surface area contributed by atoms with E-state index in [0.29, 0.717) is 17.7 Å². The van der Waals surface area contributed by atoms with Gasteiger partial charge in [0.2, 0.25) is 0 Å². The van der Waals surface area contributed by atoms with Crippen LogP contribution in [0.1, 0.15) is 38.7 Å². The molecule has 0 saturated heterocycles. The maximum absolute atomic E-state index is 13.8. The standard InChI is InChI=1S/C22H28F4N2O2/c1-20(2,18-13-17(23)9-10-19(18)30-3)11-12-21(29,22(24,25)26)15-28(27)14-16-7-5-4-6-8-16/h4-7,9-10,13-14,29H,8,11-12,15,27H2,1-3H3/b16-14-. The largest absolute Gasteiger partial charge is 0.496 e. The highest BCUT2D eigenvalue weighted by Gasteiger charge is 2.54. The second-order valence-corrected chi connectivity index (χ2v) is 8.13. The predicted octanol–water partition coefficient (Wildman–Crippen LogP) is 4.76. The molecule has 3 N–H and O–H groups in total. The van der Waals surface area contributed by atoms with Crippen LogP contribution in [0.3, 0.4) is 0 Å². The fourth-order valence-electron chi connectivity index (χ4n) is 3.36. The first-order chi connectivity index (χ1) is 13.9. The van der Waals surface area contributed by atoms with Crippen molar-refractivity contribution in [2.45, 2.75) is 50.3 Å². The van der Waals surface area contributed by atoms with E-state index < -0.39 is 36.0 Å². The summed E-state index contributed by atoms with van der Waals surface area (Å²) >= 11 is 0. The maximum atomic E-state index is 13.8. The van der Waals surface area contributed by atoms with Gasteiger partial charge in [-0.3, -0.25) is 0 Å². The van der Waals surface area contributed by atoms with Gasteiger partial charge in [-0.25, -0.2) is 10.2 Å². The molecule has 0 radical (unpaired) electrons. The molecule has 1 aliphatic rings. The monoisotopic (exact) mass is 428 g/mol. The molecule has 1 unspecified atom stereocenters. The van der Waals surface area contributed by atoms with Crippen molar-refractivity contribution in [2.24, 2.45) is 5.84 Å². The molecule has 0 heterocycles. The number of hydrazine groups is 1. The van der Waals surface area contributed by atoms with E-state index in [0.717, 1.165) is 10.6 Å². The SMILES string of the molecule is COc1ccc(F)cc1C(C)(C)CCC(O)(CN(N)/C=C1/C=CC=CC1)C(F)(F)F. The molecule has 0 aromatic heterocycles. The van der Waals surface area contributed by atoms with Crippen LogP contribution in [0.4, 0.5) is 17.6 Å². The van der Waals surface area contributed by atoms with E-state index in [1.807, 2.05) is 12.2 Å². The van der Waals surface area contributed by atoms with Gasteiger partial charge in [-0.2, -0.15) is 13.2 Å². The minimum atomic E-state index is -4.90. The third-order valence-electron chi connectivity index (χ3n) is 5.27. The van der Waals surface area contributed by atoms with Crippen molar-refractivity contribution in [1.29, 1.82) is 0 Å². The zero-order chi connectivity index (χ0) is 22.6. The Balaban J connectivity index is 2.21. The van der Waals surface area contributed by atoms with E-state index in [1.54, 1.807) is 26.0 Å². The van der Waals surface area contributed by atoms with Gasteiger partial charge < -0.3 is 14.9 Å². The Morgan fingerprint density at radius 1 is 1.20 bits per heavy atom. The molecule has 2 rings (SSSR count). The summed E-state index contributed by atoms with van der Waals surface area (Å²) in [7, 11) is 1.41. The normalized spacial score (nSPS) is 17.8. The Bertz CT molecular complexity index is 831. The lowest BCUT2D eigenvalue weighted by atomic mass is 9.77. The van der Waals surface area contributed by atoms with Crippen LogP contribution in [0.15, 0.2) is 54.3 Å².